The van der Waals surface area contributed by atoms with Crippen LogP contribution in [-0.4, -0.2) is 64.3 Å². The van der Waals surface area contributed by atoms with Crippen molar-refractivity contribution in [1.82, 2.24) is 4.90 Å². The van der Waals surface area contributed by atoms with Crippen LogP contribution in [0.25, 0.3) is 0 Å². The standard InChI is InChI=1S/C22H24ClN3O6S/c1-3-32-21(27)14-33(31)20-8-7-16(11-19(20)26(29)30)22(28)24-9-10-25(15(2)13-24)18-6-4-5-17(23)12-18/h4-8,11-12,15H,3,9-10,13-14H2,1-2H3. The number of amides is 1. The quantitative estimate of drug-likeness (QED) is 0.251. The number of piperazine rings is 1. The van der Waals surface area contributed by atoms with E-state index in [-0.39, 0.29) is 29.0 Å². The molecule has 176 valence electrons. The van der Waals surface area contributed by atoms with Gasteiger partial charge in [0, 0.05) is 65.3 Å². The van der Waals surface area contributed by atoms with Gasteiger partial charge in [-0.25, -0.2) is 4.79 Å². The van der Waals surface area contributed by atoms with Crippen LogP contribution in [0.2, 0.25) is 5.02 Å². The highest BCUT2D eigenvalue weighted by Crippen LogP contribution is 2.28. The van der Waals surface area contributed by atoms with E-state index >= 15 is 0 Å². The average molecular weight is 494 g/mol. The van der Waals surface area contributed by atoms with Crippen molar-refractivity contribution in [3.05, 3.63) is 63.2 Å². The normalized spacial score (nSPS) is 16.9. The summed E-state index contributed by atoms with van der Waals surface area (Å²) in [5.41, 5.74) is 0.627. The Balaban J connectivity index is 1.75. The molecule has 1 heterocycles. The molecule has 0 spiro atoms. The molecule has 11 heteroatoms. The van der Waals surface area contributed by atoms with Crippen LogP contribution < -0.4 is 4.90 Å². The Morgan fingerprint density at radius 1 is 1.24 bits per heavy atom. The summed E-state index contributed by atoms with van der Waals surface area (Å²) in [5, 5.41) is 12.2. The van der Waals surface area contributed by atoms with Crippen molar-refractivity contribution in [2.75, 3.05) is 36.9 Å². The van der Waals surface area contributed by atoms with Gasteiger partial charge in [0.25, 0.3) is 5.91 Å². The Hall–Kier alpha value is -2.82. The van der Waals surface area contributed by atoms with Crippen molar-refractivity contribution in [1.29, 1.82) is 0 Å². The number of nitro groups is 1. The van der Waals surface area contributed by atoms with Gasteiger partial charge in [0.2, 0.25) is 10.6 Å². The number of rotatable bonds is 7. The van der Waals surface area contributed by atoms with E-state index in [1.165, 1.54) is 12.1 Å². The summed E-state index contributed by atoms with van der Waals surface area (Å²) < 4.78 is 17.2. The van der Waals surface area contributed by atoms with Crippen molar-refractivity contribution in [2.24, 2.45) is 0 Å². The maximum absolute atomic E-state index is 13.1. The van der Waals surface area contributed by atoms with Gasteiger partial charge in [-0.1, -0.05) is 17.7 Å². The molecule has 0 aliphatic carbocycles. The molecule has 0 saturated carbocycles. The zero-order chi connectivity index (χ0) is 24.1. The summed E-state index contributed by atoms with van der Waals surface area (Å²) in [4.78, 5) is 39.2. The highest BCUT2D eigenvalue weighted by molar-refractivity contribution is 7.92. The second kappa shape index (κ2) is 10.9. The number of carbonyl (C=O) groups is 2. The van der Waals surface area contributed by atoms with Gasteiger partial charge in [0.1, 0.15) is 0 Å². The van der Waals surface area contributed by atoms with Crippen LogP contribution in [0.15, 0.2) is 47.4 Å². The van der Waals surface area contributed by atoms with Gasteiger partial charge in [-0.15, -0.1) is 0 Å². The van der Waals surface area contributed by atoms with E-state index in [0.717, 1.165) is 11.8 Å². The van der Waals surface area contributed by atoms with Crippen LogP contribution >= 0.6 is 11.6 Å². The number of anilines is 1. The minimum Gasteiger partial charge on any atom is -0.611 e. The van der Waals surface area contributed by atoms with Crippen LogP contribution in [0, 0.1) is 10.1 Å². The van der Waals surface area contributed by atoms with Gasteiger partial charge < -0.3 is 19.1 Å². The van der Waals surface area contributed by atoms with Crippen molar-refractivity contribution in [3.63, 3.8) is 0 Å². The summed E-state index contributed by atoms with van der Waals surface area (Å²) >= 11 is 4.13. The highest BCUT2D eigenvalue weighted by atomic mass is 35.5. The second-order valence-corrected chi connectivity index (χ2v) is 9.36. The van der Waals surface area contributed by atoms with Crippen molar-refractivity contribution < 1.29 is 23.8 Å². The molecule has 2 unspecified atom stereocenters. The molecule has 1 aliphatic rings. The predicted molar refractivity (Wildman–Crippen MR) is 125 cm³/mol. The Bertz CT molecular complexity index is 1050. The maximum atomic E-state index is 13.1. The van der Waals surface area contributed by atoms with E-state index in [2.05, 4.69) is 4.90 Å². The molecule has 9 nitrogen and oxygen atoms in total. The lowest BCUT2D eigenvalue weighted by Crippen LogP contribution is -2.53. The van der Waals surface area contributed by atoms with Crippen molar-refractivity contribution in [2.45, 2.75) is 24.8 Å². The SMILES string of the molecule is CCOC(=O)C[S+]([O-])c1ccc(C(=O)N2CCN(c3cccc(Cl)c3)C(C)C2)cc1[N+](=O)[O-]. The number of halogens is 1. The average Bonchev–Trinajstić information content (AvgIpc) is 2.78. The lowest BCUT2D eigenvalue weighted by atomic mass is 10.1. The van der Waals surface area contributed by atoms with Crippen molar-refractivity contribution in [3.8, 4) is 0 Å². The van der Waals surface area contributed by atoms with Crippen LogP contribution in [0.5, 0.6) is 0 Å². The third-order valence-electron chi connectivity index (χ3n) is 5.26. The van der Waals surface area contributed by atoms with Crippen LogP contribution in [0.3, 0.4) is 0 Å². The first-order chi connectivity index (χ1) is 15.7. The summed E-state index contributed by atoms with van der Waals surface area (Å²) in [6.07, 6.45) is 0. The Labute approximate surface area is 199 Å². The number of benzene rings is 2. The predicted octanol–water partition coefficient (Wildman–Crippen LogP) is 3.27. The maximum Gasteiger partial charge on any atom is 0.356 e. The van der Waals surface area contributed by atoms with Gasteiger partial charge in [-0.3, -0.25) is 14.9 Å². The highest BCUT2D eigenvalue weighted by Gasteiger charge is 2.32. The fourth-order valence-corrected chi connectivity index (χ4v) is 4.96. The number of carbonyl (C=O) groups excluding carboxylic acids is 2. The minimum absolute atomic E-state index is 0.00695. The van der Waals surface area contributed by atoms with Gasteiger partial charge >= 0.3 is 11.7 Å². The monoisotopic (exact) mass is 493 g/mol. The zero-order valence-electron chi connectivity index (χ0n) is 18.2. The summed E-state index contributed by atoms with van der Waals surface area (Å²) in [6, 6.07) is 11.3. The molecular formula is C22H24ClN3O6S. The van der Waals surface area contributed by atoms with E-state index in [1.54, 1.807) is 17.9 Å². The lowest BCUT2D eigenvalue weighted by Gasteiger charge is -2.41. The molecule has 2 aromatic carbocycles. The molecule has 0 N–H and O–H groups in total. The fourth-order valence-electron chi connectivity index (χ4n) is 3.74. The topological polar surface area (TPSA) is 116 Å². The number of hydrogen-bond donors (Lipinski definition) is 0. The molecule has 1 amide bonds. The molecule has 1 fully saturated rings. The van der Waals surface area contributed by atoms with Crippen LogP contribution in [0.1, 0.15) is 24.2 Å². The van der Waals surface area contributed by atoms with Crippen LogP contribution in [-0.2, 0) is 20.7 Å². The molecule has 0 radical (unpaired) electrons. The van der Waals surface area contributed by atoms with E-state index in [9.17, 15) is 24.3 Å². The van der Waals surface area contributed by atoms with E-state index in [0.29, 0.717) is 24.7 Å². The summed E-state index contributed by atoms with van der Waals surface area (Å²) in [5.74, 6) is -1.56. The number of nitro benzene ring substituents is 1. The first-order valence-electron chi connectivity index (χ1n) is 10.3. The summed E-state index contributed by atoms with van der Waals surface area (Å²) in [7, 11) is 0. The van der Waals surface area contributed by atoms with E-state index in [4.69, 9.17) is 16.3 Å². The number of ether oxygens (including phenoxy) is 1. The van der Waals surface area contributed by atoms with Crippen molar-refractivity contribution >= 4 is 46.0 Å². The molecule has 2 aromatic rings. The summed E-state index contributed by atoms with van der Waals surface area (Å²) in [6.45, 7) is 5.16. The third-order valence-corrected chi connectivity index (χ3v) is 6.83. The van der Waals surface area contributed by atoms with E-state index in [1.807, 2.05) is 25.1 Å². The van der Waals surface area contributed by atoms with Gasteiger partial charge in [-0.2, -0.15) is 0 Å². The molecule has 1 aliphatic heterocycles. The molecule has 2 atom stereocenters. The van der Waals surface area contributed by atoms with E-state index < -0.39 is 33.5 Å². The van der Waals surface area contributed by atoms with Crippen LogP contribution in [0.4, 0.5) is 11.4 Å². The largest absolute Gasteiger partial charge is 0.611 e. The number of hydrogen-bond acceptors (Lipinski definition) is 7. The first-order valence-corrected chi connectivity index (χ1v) is 12.0. The zero-order valence-corrected chi connectivity index (χ0v) is 19.8. The molecular weight excluding hydrogens is 470 g/mol. The third kappa shape index (κ3) is 5.95. The number of esters is 1. The fraction of sp³-hybridized carbons (Fsp3) is 0.364. The molecule has 1 saturated heterocycles. The molecule has 0 aromatic heterocycles. The first kappa shape index (κ1) is 24.8. The minimum atomic E-state index is -1.97. The Morgan fingerprint density at radius 2 is 2.00 bits per heavy atom. The molecule has 0 bridgehead atoms. The Kier molecular flexibility index (Phi) is 8.17. The van der Waals surface area contributed by atoms with Gasteiger partial charge in [0.05, 0.1) is 11.5 Å². The smallest absolute Gasteiger partial charge is 0.356 e. The van der Waals surface area contributed by atoms with Gasteiger partial charge in [0.15, 0.2) is 0 Å². The molecule has 33 heavy (non-hydrogen) atoms. The second-order valence-electron chi connectivity index (χ2n) is 7.51. The molecule has 3 rings (SSSR count). The number of nitrogens with zero attached hydrogens (tertiary/aromatic N) is 3. The Morgan fingerprint density at radius 3 is 2.64 bits per heavy atom. The van der Waals surface area contributed by atoms with Gasteiger partial charge in [-0.05, 0) is 38.1 Å². The lowest BCUT2D eigenvalue weighted by molar-refractivity contribution is -0.387.